The van der Waals surface area contributed by atoms with E-state index < -0.39 is 23.5 Å². The van der Waals surface area contributed by atoms with E-state index in [1.165, 1.54) is 0 Å². The summed E-state index contributed by atoms with van der Waals surface area (Å²) in [6, 6.07) is 0. The molecule has 6 nitrogen and oxygen atoms in total. The Labute approximate surface area is 124 Å². The Morgan fingerprint density at radius 3 is 2.64 bits per heavy atom. The number of hydrogen-bond acceptors (Lipinski definition) is 4. The Balaban J connectivity index is 2.15. The molecule has 1 N–H and O–H groups in total. The standard InChI is InChI=1S/C13H15F3N4O2/c1-4-20-8(3)9(7(2)19-20)5-17-12(21)10-11(13(14,15)16)22-6-18-10/h6H,4-5H2,1-3H3,(H,17,21). The zero-order chi connectivity index (χ0) is 16.5. The number of halogens is 3. The number of carbonyl (C=O) groups is 1. The number of amides is 1. The Kier molecular flexibility index (Phi) is 4.25. The first kappa shape index (κ1) is 16.1. The number of alkyl halides is 3. The van der Waals surface area contributed by atoms with Crippen LogP contribution in [0.25, 0.3) is 0 Å². The summed E-state index contributed by atoms with van der Waals surface area (Å²) in [7, 11) is 0. The molecule has 0 saturated carbocycles. The average molecular weight is 316 g/mol. The fraction of sp³-hybridized carbons (Fsp3) is 0.462. The molecule has 2 aromatic rings. The molecule has 0 radical (unpaired) electrons. The molecule has 9 heteroatoms. The fourth-order valence-corrected chi connectivity index (χ4v) is 2.16. The molecule has 0 spiro atoms. The highest BCUT2D eigenvalue weighted by atomic mass is 19.4. The maximum atomic E-state index is 12.7. The molecule has 0 atom stereocenters. The van der Waals surface area contributed by atoms with Crippen LogP contribution in [0.15, 0.2) is 10.8 Å². The summed E-state index contributed by atoms with van der Waals surface area (Å²) >= 11 is 0. The van der Waals surface area contributed by atoms with E-state index in [0.717, 1.165) is 17.0 Å². The minimum atomic E-state index is -4.76. The van der Waals surface area contributed by atoms with Crippen LogP contribution in [0.4, 0.5) is 13.2 Å². The van der Waals surface area contributed by atoms with Gasteiger partial charge < -0.3 is 9.73 Å². The van der Waals surface area contributed by atoms with Crippen molar-refractivity contribution in [2.75, 3.05) is 0 Å². The van der Waals surface area contributed by atoms with Crippen LogP contribution in [-0.4, -0.2) is 20.7 Å². The third kappa shape index (κ3) is 2.97. The molecule has 2 rings (SSSR count). The van der Waals surface area contributed by atoms with E-state index in [0.29, 0.717) is 12.9 Å². The molecule has 0 fully saturated rings. The molecule has 0 aliphatic heterocycles. The van der Waals surface area contributed by atoms with Crippen molar-refractivity contribution in [1.82, 2.24) is 20.1 Å². The fourth-order valence-electron chi connectivity index (χ4n) is 2.16. The lowest BCUT2D eigenvalue weighted by Gasteiger charge is -2.07. The van der Waals surface area contributed by atoms with E-state index in [1.54, 1.807) is 11.6 Å². The van der Waals surface area contributed by atoms with E-state index in [9.17, 15) is 18.0 Å². The highest BCUT2D eigenvalue weighted by molar-refractivity contribution is 5.93. The number of nitrogens with one attached hydrogen (secondary N) is 1. The molecular formula is C13H15F3N4O2. The molecular weight excluding hydrogens is 301 g/mol. The molecule has 0 aromatic carbocycles. The van der Waals surface area contributed by atoms with Gasteiger partial charge in [-0.05, 0) is 20.8 Å². The number of rotatable bonds is 4. The highest BCUT2D eigenvalue weighted by Crippen LogP contribution is 2.31. The van der Waals surface area contributed by atoms with Crippen LogP contribution in [0.3, 0.4) is 0 Å². The molecule has 120 valence electrons. The second-order valence-corrected chi connectivity index (χ2v) is 4.68. The lowest BCUT2D eigenvalue weighted by atomic mass is 10.2. The van der Waals surface area contributed by atoms with Gasteiger partial charge in [-0.3, -0.25) is 9.48 Å². The number of carbonyl (C=O) groups excluding carboxylic acids is 1. The second-order valence-electron chi connectivity index (χ2n) is 4.68. The molecule has 22 heavy (non-hydrogen) atoms. The van der Waals surface area contributed by atoms with Crippen LogP contribution in [0.5, 0.6) is 0 Å². The SMILES string of the molecule is CCn1nc(C)c(CNC(=O)c2ncoc2C(F)(F)F)c1C. The van der Waals surface area contributed by atoms with E-state index in [2.05, 4.69) is 19.8 Å². The summed E-state index contributed by atoms with van der Waals surface area (Å²) in [6.07, 6.45) is -4.16. The van der Waals surface area contributed by atoms with E-state index in [1.807, 2.05) is 13.8 Å². The van der Waals surface area contributed by atoms with Crippen molar-refractivity contribution in [2.24, 2.45) is 0 Å². The normalized spacial score (nSPS) is 11.7. The van der Waals surface area contributed by atoms with Gasteiger partial charge in [-0.2, -0.15) is 18.3 Å². The van der Waals surface area contributed by atoms with E-state index in [-0.39, 0.29) is 6.54 Å². The Morgan fingerprint density at radius 1 is 1.41 bits per heavy atom. The van der Waals surface area contributed by atoms with Crippen molar-refractivity contribution >= 4 is 5.91 Å². The van der Waals surface area contributed by atoms with Crippen molar-refractivity contribution < 1.29 is 22.4 Å². The first-order chi connectivity index (χ1) is 10.3. The van der Waals surface area contributed by atoms with Crippen LogP contribution in [0.2, 0.25) is 0 Å². The zero-order valence-electron chi connectivity index (χ0n) is 12.3. The Morgan fingerprint density at radius 2 is 2.09 bits per heavy atom. The maximum absolute atomic E-state index is 12.7. The van der Waals surface area contributed by atoms with Crippen LogP contribution < -0.4 is 5.32 Å². The number of aromatic nitrogens is 3. The summed E-state index contributed by atoms with van der Waals surface area (Å²) in [5.74, 6) is -2.34. The number of oxazole rings is 1. The lowest BCUT2D eigenvalue weighted by molar-refractivity contribution is -0.153. The topological polar surface area (TPSA) is 73.0 Å². The molecule has 0 saturated heterocycles. The minimum Gasteiger partial charge on any atom is -0.438 e. The summed E-state index contributed by atoms with van der Waals surface area (Å²) in [6.45, 7) is 6.27. The molecule has 2 aromatic heterocycles. The second kappa shape index (κ2) is 5.82. The molecule has 0 aliphatic rings. The summed E-state index contributed by atoms with van der Waals surface area (Å²) < 4.78 is 44.0. The monoisotopic (exact) mass is 316 g/mol. The van der Waals surface area contributed by atoms with Crippen LogP contribution in [-0.2, 0) is 19.3 Å². The maximum Gasteiger partial charge on any atom is 0.452 e. The van der Waals surface area contributed by atoms with Gasteiger partial charge in [0.1, 0.15) is 0 Å². The summed E-state index contributed by atoms with van der Waals surface area (Å²) in [5, 5.41) is 6.70. The Hall–Kier alpha value is -2.32. The van der Waals surface area contributed by atoms with Gasteiger partial charge in [0.15, 0.2) is 12.1 Å². The van der Waals surface area contributed by atoms with Gasteiger partial charge in [0, 0.05) is 24.3 Å². The first-order valence-electron chi connectivity index (χ1n) is 6.57. The number of hydrogen-bond donors (Lipinski definition) is 1. The van der Waals surface area contributed by atoms with Gasteiger partial charge >= 0.3 is 6.18 Å². The summed E-state index contributed by atoms with van der Waals surface area (Å²) in [4.78, 5) is 15.2. The average Bonchev–Trinajstić information content (AvgIpc) is 3.02. The van der Waals surface area contributed by atoms with Gasteiger partial charge in [-0.1, -0.05) is 0 Å². The van der Waals surface area contributed by atoms with Gasteiger partial charge in [-0.15, -0.1) is 0 Å². The van der Waals surface area contributed by atoms with Crippen molar-refractivity contribution in [3.8, 4) is 0 Å². The van der Waals surface area contributed by atoms with Crippen molar-refractivity contribution in [3.63, 3.8) is 0 Å². The number of aryl methyl sites for hydroxylation is 2. The predicted octanol–water partition coefficient (Wildman–Crippen LogP) is 2.46. The largest absolute Gasteiger partial charge is 0.452 e. The molecule has 0 bridgehead atoms. The van der Waals surface area contributed by atoms with Gasteiger partial charge in [0.2, 0.25) is 5.76 Å². The highest BCUT2D eigenvalue weighted by Gasteiger charge is 2.40. The van der Waals surface area contributed by atoms with E-state index >= 15 is 0 Å². The smallest absolute Gasteiger partial charge is 0.438 e. The van der Waals surface area contributed by atoms with Crippen molar-refractivity contribution in [2.45, 2.75) is 40.0 Å². The van der Waals surface area contributed by atoms with Crippen molar-refractivity contribution in [3.05, 3.63) is 34.8 Å². The van der Waals surface area contributed by atoms with Crippen LogP contribution in [0, 0.1) is 13.8 Å². The van der Waals surface area contributed by atoms with Gasteiger partial charge in [0.25, 0.3) is 5.91 Å². The quantitative estimate of drug-likeness (QED) is 0.940. The zero-order valence-corrected chi connectivity index (χ0v) is 12.3. The molecule has 2 heterocycles. The van der Waals surface area contributed by atoms with Crippen LogP contribution >= 0.6 is 0 Å². The van der Waals surface area contributed by atoms with E-state index in [4.69, 9.17) is 0 Å². The minimum absolute atomic E-state index is 0.0701. The molecule has 0 unspecified atom stereocenters. The van der Waals surface area contributed by atoms with Crippen molar-refractivity contribution in [1.29, 1.82) is 0 Å². The van der Waals surface area contributed by atoms with Gasteiger partial charge in [-0.25, -0.2) is 4.98 Å². The lowest BCUT2D eigenvalue weighted by Crippen LogP contribution is -2.26. The molecule has 1 amide bonds. The van der Waals surface area contributed by atoms with Gasteiger partial charge in [0.05, 0.1) is 5.69 Å². The number of nitrogens with zero attached hydrogens (tertiary/aromatic N) is 3. The third-order valence-electron chi connectivity index (χ3n) is 3.30. The first-order valence-corrected chi connectivity index (χ1v) is 6.57. The van der Waals surface area contributed by atoms with Crippen LogP contribution in [0.1, 0.15) is 40.1 Å². The summed E-state index contributed by atoms with van der Waals surface area (Å²) in [5.41, 5.74) is 1.57. The third-order valence-corrected chi connectivity index (χ3v) is 3.30. The predicted molar refractivity (Wildman–Crippen MR) is 70.1 cm³/mol. The Bertz CT molecular complexity index is 688. The molecule has 0 aliphatic carbocycles.